The van der Waals surface area contributed by atoms with Gasteiger partial charge in [-0.25, -0.2) is 9.78 Å². The number of nitrogens with one attached hydrogen (secondary N) is 1. The molecule has 180 valence electrons. The van der Waals surface area contributed by atoms with Crippen molar-refractivity contribution >= 4 is 17.8 Å². The third kappa shape index (κ3) is 5.55. The normalized spacial score (nSPS) is 17.8. The van der Waals surface area contributed by atoms with Gasteiger partial charge in [0.2, 0.25) is 5.75 Å². The molecule has 1 fully saturated rings. The van der Waals surface area contributed by atoms with E-state index in [0.29, 0.717) is 12.3 Å². The summed E-state index contributed by atoms with van der Waals surface area (Å²) in [7, 11) is 1.42. The van der Waals surface area contributed by atoms with Gasteiger partial charge in [-0.15, -0.1) is 0 Å². The molecule has 2 aliphatic carbocycles. The van der Waals surface area contributed by atoms with Crippen LogP contribution in [0.5, 0.6) is 11.5 Å². The molecule has 1 saturated carbocycles. The predicted octanol–water partition coefficient (Wildman–Crippen LogP) is 3.32. The molecule has 8 nitrogen and oxygen atoms in total. The van der Waals surface area contributed by atoms with Gasteiger partial charge in [0.1, 0.15) is 12.1 Å². The highest BCUT2D eigenvalue weighted by atomic mass is 16.6. The molecule has 0 saturated heterocycles. The van der Waals surface area contributed by atoms with Gasteiger partial charge in [0.15, 0.2) is 11.4 Å². The third-order valence-electron chi connectivity index (χ3n) is 6.33. The summed E-state index contributed by atoms with van der Waals surface area (Å²) in [6.45, 7) is 3.61. The van der Waals surface area contributed by atoms with Crippen LogP contribution in [-0.4, -0.2) is 42.1 Å². The van der Waals surface area contributed by atoms with Crippen LogP contribution in [0.25, 0.3) is 0 Å². The predicted molar refractivity (Wildman–Crippen MR) is 124 cm³/mol. The number of aryl methyl sites for hydroxylation is 2. The van der Waals surface area contributed by atoms with Crippen molar-refractivity contribution in [1.82, 2.24) is 10.3 Å². The zero-order valence-corrected chi connectivity index (χ0v) is 19.8. The summed E-state index contributed by atoms with van der Waals surface area (Å²) in [5, 5.41) is 2.61. The van der Waals surface area contributed by atoms with Gasteiger partial charge in [0, 0.05) is 25.1 Å². The van der Waals surface area contributed by atoms with E-state index in [1.807, 2.05) is 6.07 Å². The highest BCUT2D eigenvalue weighted by molar-refractivity contribution is 5.98. The molecule has 2 aliphatic rings. The van der Waals surface area contributed by atoms with Crippen molar-refractivity contribution in [2.24, 2.45) is 5.92 Å². The Morgan fingerprint density at radius 1 is 1.18 bits per heavy atom. The molecule has 1 aromatic heterocycles. The lowest BCUT2D eigenvalue weighted by atomic mass is 9.87. The molecule has 0 aliphatic heterocycles. The van der Waals surface area contributed by atoms with E-state index in [0.717, 1.165) is 25.7 Å². The summed E-state index contributed by atoms with van der Waals surface area (Å²) in [6, 6.07) is 6.81. The van der Waals surface area contributed by atoms with Gasteiger partial charge in [-0.3, -0.25) is 9.59 Å². The Labute approximate surface area is 199 Å². The molecule has 1 unspecified atom stereocenters. The van der Waals surface area contributed by atoms with Crippen molar-refractivity contribution in [3.05, 3.63) is 52.8 Å². The zero-order chi connectivity index (χ0) is 24.2. The number of fused-ring (bicyclic) bond motifs is 1. The number of carbonyl (C=O) groups excluding carboxylic acids is 3. The summed E-state index contributed by atoms with van der Waals surface area (Å²) < 4.78 is 16.4. The van der Waals surface area contributed by atoms with Crippen molar-refractivity contribution < 1.29 is 28.6 Å². The second kappa shape index (κ2) is 10.2. The van der Waals surface area contributed by atoms with Crippen molar-refractivity contribution in [1.29, 1.82) is 0 Å². The highest BCUT2D eigenvalue weighted by Crippen LogP contribution is 2.35. The number of carbonyl (C=O) groups is 3. The Morgan fingerprint density at radius 2 is 1.97 bits per heavy atom. The van der Waals surface area contributed by atoms with Gasteiger partial charge in [0.25, 0.3) is 5.91 Å². The summed E-state index contributed by atoms with van der Waals surface area (Å²) in [5.41, 5.74) is 3.58. The fourth-order valence-corrected chi connectivity index (χ4v) is 4.19. The molecule has 1 N–H and O–H groups in total. The first kappa shape index (κ1) is 23.7. The monoisotopic (exact) mass is 466 g/mol. The smallest absolute Gasteiger partial charge is 0.328 e. The first-order valence-electron chi connectivity index (χ1n) is 11.7. The van der Waals surface area contributed by atoms with Crippen LogP contribution < -0.4 is 14.8 Å². The summed E-state index contributed by atoms with van der Waals surface area (Å²) in [4.78, 5) is 42.0. The second-order valence-electron chi connectivity index (χ2n) is 9.02. The molecule has 1 heterocycles. The van der Waals surface area contributed by atoms with Crippen molar-refractivity contribution in [2.45, 2.75) is 64.5 Å². The number of rotatable bonds is 8. The Morgan fingerprint density at radius 3 is 2.71 bits per heavy atom. The van der Waals surface area contributed by atoms with E-state index >= 15 is 0 Å². The van der Waals surface area contributed by atoms with Crippen molar-refractivity contribution in [3.63, 3.8) is 0 Å². The second-order valence-corrected chi connectivity index (χ2v) is 9.02. The van der Waals surface area contributed by atoms with Gasteiger partial charge >= 0.3 is 11.9 Å². The van der Waals surface area contributed by atoms with Gasteiger partial charge in [-0.2, -0.15) is 0 Å². The Bertz CT molecular complexity index is 1090. The van der Waals surface area contributed by atoms with Gasteiger partial charge in [0.05, 0.1) is 7.11 Å². The van der Waals surface area contributed by atoms with Crippen molar-refractivity contribution in [2.75, 3.05) is 7.11 Å². The number of amides is 1. The maximum atomic E-state index is 12.9. The minimum absolute atomic E-state index is 0.0481. The fourth-order valence-electron chi connectivity index (χ4n) is 4.19. The number of nitrogens with zero attached hydrogens (tertiary/aromatic N) is 1. The highest BCUT2D eigenvalue weighted by Gasteiger charge is 2.30. The molecule has 2 atom stereocenters. The summed E-state index contributed by atoms with van der Waals surface area (Å²) >= 11 is 0. The molecule has 8 heteroatoms. The number of hydrogen-bond acceptors (Lipinski definition) is 7. The van der Waals surface area contributed by atoms with Gasteiger partial charge < -0.3 is 19.5 Å². The largest absolute Gasteiger partial charge is 0.493 e. The minimum atomic E-state index is -0.909. The number of hydrogen-bond donors (Lipinski definition) is 1. The van der Waals surface area contributed by atoms with E-state index in [1.54, 1.807) is 6.92 Å². The van der Waals surface area contributed by atoms with Crippen LogP contribution >= 0.6 is 0 Å². The molecule has 1 aromatic carbocycles. The lowest BCUT2D eigenvalue weighted by Crippen LogP contribution is -2.42. The number of esters is 2. The molecule has 4 rings (SSSR count). The zero-order valence-electron chi connectivity index (χ0n) is 19.8. The average molecular weight is 467 g/mol. The molecule has 0 bridgehead atoms. The van der Waals surface area contributed by atoms with E-state index in [4.69, 9.17) is 14.2 Å². The number of ether oxygens (including phenoxy) is 3. The molecule has 0 radical (unpaired) electrons. The number of benzene rings is 1. The standard InChI is InChI=1S/C26H30N2O6/c1-15-5-4-6-18-9-10-19(14-20(15)18)33-26(31)16(2)28-25(30)23-24(21(32-3)11-12-27-23)34-22(29)13-17-7-8-17/h4-6,11-12,16-17,19H,7-10,13-14H2,1-3H3,(H,28,30)/t16-,19?/m0/s1. The van der Waals surface area contributed by atoms with Crippen LogP contribution in [0.15, 0.2) is 30.5 Å². The quantitative estimate of drug-likeness (QED) is 0.595. The number of aromatic nitrogens is 1. The minimum Gasteiger partial charge on any atom is -0.493 e. The topological polar surface area (TPSA) is 104 Å². The molecule has 2 aromatic rings. The lowest BCUT2D eigenvalue weighted by Gasteiger charge is -2.27. The van der Waals surface area contributed by atoms with Crippen LogP contribution in [0.2, 0.25) is 0 Å². The number of pyridine rings is 1. The van der Waals surface area contributed by atoms with Gasteiger partial charge in [-0.1, -0.05) is 18.2 Å². The maximum Gasteiger partial charge on any atom is 0.328 e. The maximum absolute atomic E-state index is 12.9. The van der Waals surface area contributed by atoms with Crippen LogP contribution in [0.4, 0.5) is 0 Å². The molecule has 34 heavy (non-hydrogen) atoms. The van der Waals surface area contributed by atoms with Gasteiger partial charge in [-0.05, 0) is 62.1 Å². The van der Waals surface area contributed by atoms with E-state index in [-0.39, 0.29) is 29.7 Å². The van der Waals surface area contributed by atoms with E-state index in [9.17, 15) is 14.4 Å². The first-order chi connectivity index (χ1) is 16.4. The van der Waals surface area contributed by atoms with E-state index < -0.39 is 23.9 Å². The van der Waals surface area contributed by atoms with Crippen LogP contribution in [0.1, 0.15) is 59.8 Å². The van der Waals surface area contributed by atoms with Crippen molar-refractivity contribution in [3.8, 4) is 11.5 Å². The SMILES string of the molecule is COc1ccnc(C(=O)N[C@@H](C)C(=O)OC2CCc3cccc(C)c3C2)c1OC(=O)CC1CC1. The third-order valence-corrected chi connectivity index (χ3v) is 6.33. The van der Waals surface area contributed by atoms with Crippen LogP contribution in [-0.2, 0) is 27.2 Å². The van der Waals surface area contributed by atoms with Crippen LogP contribution in [0.3, 0.4) is 0 Å². The molecular formula is C26H30N2O6. The Hall–Kier alpha value is -3.42. The summed E-state index contributed by atoms with van der Waals surface area (Å²) in [5.74, 6) is -1.11. The number of methoxy groups -OCH3 is 1. The molecule has 0 spiro atoms. The Kier molecular flexibility index (Phi) is 7.14. The Balaban J connectivity index is 1.39. The van der Waals surface area contributed by atoms with E-state index in [1.165, 1.54) is 36.1 Å². The summed E-state index contributed by atoms with van der Waals surface area (Å²) in [6.07, 6.45) is 5.67. The molecule has 1 amide bonds. The first-order valence-corrected chi connectivity index (χ1v) is 11.7. The average Bonchev–Trinajstić information content (AvgIpc) is 3.63. The van der Waals surface area contributed by atoms with E-state index in [2.05, 4.69) is 29.4 Å². The fraction of sp³-hybridized carbons (Fsp3) is 0.462. The lowest BCUT2D eigenvalue weighted by molar-refractivity contribution is -0.151. The van der Waals surface area contributed by atoms with Crippen LogP contribution in [0, 0.1) is 12.8 Å². The molecular weight excluding hydrogens is 436 g/mol.